The fourth-order valence-corrected chi connectivity index (χ4v) is 2.95. The SMILES string of the molecule is O=C(Cc1ccc(F)cc1)N1CCCN(CCBr)CC1. The van der Waals surface area contributed by atoms with Crippen molar-refractivity contribution in [1.29, 1.82) is 0 Å². The molecule has 5 heteroatoms. The van der Waals surface area contributed by atoms with Crippen LogP contribution < -0.4 is 0 Å². The molecule has 20 heavy (non-hydrogen) atoms. The van der Waals surface area contributed by atoms with Gasteiger partial charge in [-0.25, -0.2) is 4.39 Å². The molecule has 3 nitrogen and oxygen atoms in total. The van der Waals surface area contributed by atoms with Crippen LogP contribution in [0.25, 0.3) is 0 Å². The predicted molar refractivity (Wildman–Crippen MR) is 81.5 cm³/mol. The summed E-state index contributed by atoms with van der Waals surface area (Å²) in [5, 5.41) is 0.969. The second kappa shape index (κ2) is 7.74. The van der Waals surface area contributed by atoms with Crippen LogP contribution in [-0.4, -0.2) is 53.8 Å². The van der Waals surface area contributed by atoms with Gasteiger partial charge in [-0.05, 0) is 30.7 Å². The van der Waals surface area contributed by atoms with E-state index in [1.807, 2.05) is 4.90 Å². The van der Waals surface area contributed by atoms with Gasteiger partial charge in [0.05, 0.1) is 6.42 Å². The molecule has 1 heterocycles. The second-order valence-corrected chi connectivity index (χ2v) is 5.86. The standard InChI is InChI=1S/C15H20BrFN2O/c16-6-9-18-7-1-8-19(11-10-18)15(20)12-13-2-4-14(17)5-3-13/h2-5H,1,6-12H2. The maximum Gasteiger partial charge on any atom is 0.227 e. The Morgan fingerprint density at radius 3 is 2.60 bits per heavy atom. The molecular weight excluding hydrogens is 323 g/mol. The number of hydrogen-bond donors (Lipinski definition) is 0. The number of hydrogen-bond acceptors (Lipinski definition) is 2. The van der Waals surface area contributed by atoms with Gasteiger partial charge in [-0.2, -0.15) is 0 Å². The molecule has 0 N–H and O–H groups in total. The molecule has 1 amide bonds. The van der Waals surface area contributed by atoms with Gasteiger partial charge in [0, 0.05) is 31.5 Å². The molecule has 0 radical (unpaired) electrons. The highest BCUT2D eigenvalue weighted by molar-refractivity contribution is 9.09. The van der Waals surface area contributed by atoms with Crippen LogP contribution in [0.15, 0.2) is 24.3 Å². The summed E-state index contributed by atoms with van der Waals surface area (Å²) in [7, 11) is 0. The van der Waals surface area contributed by atoms with Crippen molar-refractivity contribution in [1.82, 2.24) is 9.80 Å². The maximum atomic E-state index is 12.8. The number of alkyl halides is 1. The molecule has 1 fully saturated rings. The summed E-state index contributed by atoms with van der Waals surface area (Å²) in [6, 6.07) is 6.18. The van der Waals surface area contributed by atoms with Gasteiger partial charge in [0.2, 0.25) is 5.91 Å². The normalized spacial score (nSPS) is 17.0. The number of rotatable bonds is 4. The molecule has 0 saturated carbocycles. The van der Waals surface area contributed by atoms with E-state index in [-0.39, 0.29) is 11.7 Å². The Hall–Kier alpha value is -0.940. The number of carbonyl (C=O) groups excluding carboxylic acids is 1. The first-order chi connectivity index (χ1) is 9.69. The van der Waals surface area contributed by atoms with Crippen molar-refractivity contribution in [2.24, 2.45) is 0 Å². The van der Waals surface area contributed by atoms with Crippen LogP contribution in [0.1, 0.15) is 12.0 Å². The summed E-state index contributed by atoms with van der Waals surface area (Å²) in [5.74, 6) is -0.126. The van der Waals surface area contributed by atoms with Crippen molar-refractivity contribution in [3.63, 3.8) is 0 Å². The van der Waals surface area contributed by atoms with E-state index in [9.17, 15) is 9.18 Å². The average molecular weight is 343 g/mol. The van der Waals surface area contributed by atoms with Gasteiger partial charge < -0.3 is 9.80 Å². The lowest BCUT2D eigenvalue weighted by Crippen LogP contribution is -2.36. The minimum absolute atomic E-state index is 0.136. The molecule has 110 valence electrons. The number of benzene rings is 1. The number of amides is 1. The molecule has 0 aromatic heterocycles. The van der Waals surface area contributed by atoms with E-state index in [1.54, 1.807) is 12.1 Å². The van der Waals surface area contributed by atoms with E-state index in [0.717, 1.165) is 50.0 Å². The number of halogens is 2. The fraction of sp³-hybridized carbons (Fsp3) is 0.533. The average Bonchev–Trinajstić information content (AvgIpc) is 2.67. The Bertz CT molecular complexity index is 438. The predicted octanol–water partition coefficient (Wildman–Crippen LogP) is 2.30. The van der Waals surface area contributed by atoms with Crippen LogP contribution in [0.4, 0.5) is 4.39 Å². The summed E-state index contributed by atoms with van der Waals surface area (Å²) < 4.78 is 12.8. The lowest BCUT2D eigenvalue weighted by atomic mass is 10.1. The van der Waals surface area contributed by atoms with Crippen molar-refractivity contribution in [2.75, 3.05) is 38.1 Å². The van der Waals surface area contributed by atoms with Gasteiger partial charge in [-0.1, -0.05) is 28.1 Å². The van der Waals surface area contributed by atoms with Crippen molar-refractivity contribution < 1.29 is 9.18 Å². The Morgan fingerprint density at radius 1 is 1.15 bits per heavy atom. The van der Waals surface area contributed by atoms with Gasteiger partial charge in [0.25, 0.3) is 0 Å². The van der Waals surface area contributed by atoms with Crippen LogP contribution in [0, 0.1) is 5.82 Å². The third kappa shape index (κ3) is 4.56. The molecule has 0 bridgehead atoms. The number of nitrogens with zero attached hydrogens (tertiary/aromatic N) is 2. The Labute approximate surface area is 127 Å². The summed E-state index contributed by atoms with van der Waals surface area (Å²) in [5.41, 5.74) is 0.873. The molecule has 1 aliphatic heterocycles. The zero-order chi connectivity index (χ0) is 14.4. The maximum absolute atomic E-state index is 12.8. The third-order valence-electron chi connectivity index (χ3n) is 3.61. The Balaban J connectivity index is 1.87. The molecule has 0 unspecified atom stereocenters. The molecule has 1 aromatic rings. The zero-order valence-corrected chi connectivity index (χ0v) is 13.1. The van der Waals surface area contributed by atoms with E-state index in [2.05, 4.69) is 20.8 Å². The molecule has 1 saturated heterocycles. The van der Waals surface area contributed by atoms with Crippen LogP contribution in [-0.2, 0) is 11.2 Å². The summed E-state index contributed by atoms with van der Waals surface area (Å²) in [6.07, 6.45) is 1.38. The molecule has 1 aromatic carbocycles. The van der Waals surface area contributed by atoms with Crippen LogP contribution >= 0.6 is 15.9 Å². The molecule has 0 atom stereocenters. The van der Waals surface area contributed by atoms with Crippen molar-refractivity contribution in [3.8, 4) is 0 Å². The summed E-state index contributed by atoms with van der Waals surface area (Å²) in [6.45, 7) is 4.61. The van der Waals surface area contributed by atoms with E-state index in [4.69, 9.17) is 0 Å². The summed E-state index contributed by atoms with van der Waals surface area (Å²) in [4.78, 5) is 16.6. The van der Waals surface area contributed by atoms with E-state index >= 15 is 0 Å². The summed E-state index contributed by atoms with van der Waals surface area (Å²) >= 11 is 3.45. The smallest absolute Gasteiger partial charge is 0.227 e. The second-order valence-electron chi connectivity index (χ2n) is 5.07. The molecule has 0 spiro atoms. The van der Waals surface area contributed by atoms with Crippen LogP contribution in [0.3, 0.4) is 0 Å². The minimum atomic E-state index is -0.263. The molecule has 2 rings (SSSR count). The van der Waals surface area contributed by atoms with Crippen LogP contribution in [0.2, 0.25) is 0 Å². The van der Waals surface area contributed by atoms with Gasteiger partial charge in [-0.15, -0.1) is 0 Å². The van der Waals surface area contributed by atoms with Crippen molar-refractivity contribution >= 4 is 21.8 Å². The van der Waals surface area contributed by atoms with E-state index in [0.29, 0.717) is 6.42 Å². The lowest BCUT2D eigenvalue weighted by Gasteiger charge is -2.21. The highest BCUT2D eigenvalue weighted by atomic mass is 79.9. The minimum Gasteiger partial charge on any atom is -0.341 e. The van der Waals surface area contributed by atoms with Crippen LogP contribution in [0.5, 0.6) is 0 Å². The Morgan fingerprint density at radius 2 is 1.90 bits per heavy atom. The first-order valence-electron chi connectivity index (χ1n) is 6.99. The highest BCUT2D eigenvalue weighted by Gasteiger charge is 2.18. The molecule has 0 aliphatic carbocycles. The fourth-order valence-electron chi connectivity index (χ4n) is 2.45. The third-order valence-corrected chi connectivity index (χ3v) is 3.97. The lowest BCUT2D eigenvalue weighted by molar-refractivity contribution is -0.130. The monoisotopic (exact) mass is 342 g/mol. The van der Waals surface area contributed by atoms with E-state index in [1.165, 1.54) is 12.1 Å². The topological polar surface area (TPSA) is 23.6 Å². The first kappa shape index (κ1) is 15.4. The Kier molecular flexibility index (Phi) is 5.98. The van der Waals surface area contributed by atoms with Gasteiger partial charge in [0.15, 0.2) is 0 Å². The molecule has 1 aliphatic rings. The number of carbonyl (C=O) groups is 1. The van der Waals surface area contributed by atoms with Crippen molar-refractivity contribution in [2.45, 2.75) is 12.8 Å². The van der Waals surface area contributed by atoms with Gasteiger partial charge in [-0.3, -0.25) is 4.79 Å². The highest BCUT2D eigenvalue weighted by Crippen LogP contribution is 2.09. The molecular formula is C15H20BrFN2O. The quantitative estimate of drug-likeness (QED) is 0.784. The van der Waals surface area contributed by atoms with Crippen molar-refractivity contribution in [3.05, 3.63) is 35.6 Å². The van der Waals surface area contributed by atoms with Gasteiger partial charge >= 0.3 is 0 Å². The zero-order valence-electron chi connectivity index (χ0n) is 11.5. The van der Waals surface area contributed by atoms with E-state index < -0.39 is 0 Å². The first-order valence-corrected chi connectivity index (χ1v) is 8.12. The largest absolute Gasteiger partial charge is 0.341 e. The van der Waals surface area contributed by atoms with Gasteiger partial charge in [0.1, 0.15) is 5.82 Å².